The normalized spacial score (nSPS) is 26.0. The van der Waals surface area contributed by atoms with Gasteiger partial charge in [0, 0.05) is 16.7 Å². The molecule has 0 atom stereocenters. The Labute approximate surface area is 212 Å². The van der Waals surface area contributed by atoms with E-state index in [-0.39, 0.29) is 0 Å². The van der Waals surface area contributed by atoms with Gasteiger partial charge in [0.2, 0.25) is 0 Å². The number of nitrogens with zero attached hydrogens (tertiary/aromatic N) is 4. The lowest BCUT2D eigenvalue weighted by atomic mass is 9.48. The van der Waals surface area contributed by atoms with Gasteiger partial charge >= 0.3 is 0 Å². The molecule has 36 heavy (non-hydrogen) atoms. The van der Waals surface area contributed by atoms with Gasteiger partial charge in [-0.1, -0.05) is 66.7 Å². The first kappa shape index (κ1) is 21.4. The zero-order chi connectivity index (χ0) is 24.1. The van der Waals surface area contributed by atoms with Gasteiger partial charge < -0.3 is 0 Å². The molecule has 8 rings (SSSR count). The Morgan fingerprint density at radius 3 is 1.75 bits per heavy atom. The SMILES string of the molecule is N#Cc1ccccc1-c1nc(-c2ccccc2)nc(-c2ccc(C34C[C@H]5C[C@@H](C3)C[C@@H](C4)C5)cc2)n1. The first-order valence-electron chi connectivity index (χ1n) is 13.1. The second-order valence-corrected chi connectivity index (χ2v) is 11.1. The van der Waals surface area contributed by atoms with Crippen LogP contribution in [0.15, 0.2) is 78.9 Å². The average molecular weight is 469 g/mol. The van der Waals surface area contributed by atoms with Gasteiger partial charge in [0.1, 0.15) is 0 Å². The summed E-state index contributed by atoms with van der Waals surface area (Å²) in [6.07, 6.45) is 8.44. The molecule has 0 radical (unpaired) electrons. The number of nitriles is 1. The smallest absolute Gasteiger partial charge is 0.165 e. The van der Waals surface area contributed by atoms with Crippen molar-refractivity contribution in [3.63, 3.8) is 0 Å². The minimum Gasteiger partial charge on any atom is -0.208 e. The lowest BCUT2D eigenvalue weighted by molar-refractivity contribution is -0.00518. The third-order valence-corrected chi connectivity index (χ3v) is 8.75. The summed E-state index contributed by atoms with van der Waals surface area (Å²) >= 11 is 0. The summed E-state index contributed by atoms with van der Waals surface area (Å²) in [5.41, 5.74) is 5.08. The van der Waals surface area contributed by atoms with Crippen LogP contribution in [0.25, 0.3) is 34.2 Å². The van der Waals surface area contributed by atoms with Crippen LogP contribution in [-0.2, 0) is 5.41 Å². The first-order chi connectivity index (χ1) is 17.7. The van der Waals surface area contributed by atoms with E-state index >= 15 is 0 Å². The molecule has 0 saturated heterocycles. The molecule has 4 bridgehead atoms. The maximum absolute atomic E-state index is 9.68. The molecule has 0 spiro atoms. The fourth-order valence-electron chi connectivity index (χ4n) is 7.55. The molecule has 4 nitrogen and oxygen atoms in total. The van der Waals surface area contributed by atoms with E-state index in [0.29, 0.717) is 28.5 Å². The Morgan fingerprint density at radius 2 is 1.14 bits per heavy atom. The van der Waals surface area contributed by atoms with Crippen molar-refractivity contribution < 1.29 is 0 Å². The van der Waals surface area contributed by atoms with Crippen molar-refractivity contribution in [1.29, 1.82) is 5.26 Å². The Balaban J connectivity index is 1.30. The highest BCUT2D eigenvalue weighted by atomic mass is 15.0. The fourth-order valence-corrected chi connectivity index (χ4v) is 7.55. The molecule has 4 aromatic rings. The van der Waals surface area contributed by atoms with E-state index in [1.807, 2.05) is 48.5 Å². The van der Waals surface area contributed by atoms with Crippen molar-refractivity contribution in [3.8, 4) is 40.2 Å². The number of rotatable bonds is 4. The van der Waals surface area contributed by atoms with E-state index in [9.17, 15) is 5.26 Å². The van der Waals surface area contributed by atoms with Crippen LogP contribution in [0.4, 0.5) is 0 Å². The molecular weight excluding hydrogens is 440 g/mol. The van der Waals surface area contributed by atoms with E-state index in [1.54, 1.807) is 6.07 Å². The summed E-state index contributed by atoms with van der Waals surface area (Å²) in [6, 6.07) is 28.8. The maximum atomic E-state index is 9.68. The molecular formula is C32H28N4. The minimum atomic E-state index is 0.373. The van der Waals surface area contributed by atoms with Gasteiger partial charge in [-0.3, -0.25) is 0 Å². The molecule has 4 fully saturated rings. The van der Waals surface area contributed by atoms with Gasteiger partial charge in [0.25, 0.3) is 0 Å². The molecule has 0 amide bonds. The molecule has 176 valence electrons. The van der Waals surface area contributed by atoms with E-state index in [0.717, 1.165) is 34.4 Å². The lowest BCUT2D eigenvalue weighted by Gasteiger charge is -2.57. The average Bonchev–Trinajstić information content (AvgIpc) is 2.92. The number of aromatic nitrogens is 3. The highest BCUT2D eigenvalue weighted by Crippen LogP contribution is 2.60. The Morgan fingerprint density at radius 1 is 0.611 bits per heavy atom. The molecule has 1 aromatic heterocycles. The third kappa shape index (κ3) is 3.62. The Bertz CT molecular complexity index is 1430. The Kier molecular flexibility index (Phi) is 4.99. The zero-order valence-electron chi connectivity index (χ0n) is 20.3. The van der Waals surface area contributed by atoms with Gasteiger partial charge in [-0.05, 0) is 79.4 Å². The topological polar surface area (TPSA) is 62.5 Å². The number of benzene rings is 3. The summed E-state index contributed by atoms with van der Waals surface area (Å²) in [6.45, 7) is 0. The van der Waals surface area contributed by atoms with Crippen LogP contribution in [0.5, 0.6) is 0 Å². The zero-order valence-corrected chi connectivity index (χ0v) is 20.3. The van der Waals surface area contributed by atoms with Gasteiger partial charge in [-0.25, -0.2) is 15.0 Å². The van der Waals surface area contributed by atoms with Crippen molar-refractivity contribution >= 4 is 0 Å². The predicted octanol–water partition coefficient (Wildman–Crippen LogP) is 7.21. The number of hydrogen-bond acceptors (Lipinski definition) is 4. The highest BCUT2D eigenvalue weighted by Gasteiger charge is 2.51. The molecule has 0 N–H and O–H groups in total. The van der Waals surface area contributed by atoms with Crippen molar-refractivity contribution in [2.45, 2.75) is 43.9 Å². The molecule has 1 heterocycles. The van der Waals surface area contributed by atoms with Crippen LogP contribution >= 0.6 is 0 Å². The quantitative estimate of drug-likeness (QED) is 0.317. The molecule has 4 heteroatoms. The molecule has 0 aliphatic heterocycles. The summed E-state index contributed by atoms with van der Waals surface area (Å²) < 4.78 is 0. The fraction of sp³-hybridized carbons (Fsp3) is 0.312. The van der Waals surface area contributed by atoms with Gasteiger partial charge in [0.05, 0.1) is 11.6 Å². The standard InChI is InChI=1S/C32H28N4/c33-20-26-8-4-5-9-28(26)31-35-29(24-6-2-1-3-7-24)34-30(36-31)25-10-12-27(13-11-25)32-17-21-14-22(18-32)16-23(15-21)19-32/h1-13,21-23H,14-19H2/t21-,22+,23-,32?. The number of hydrogen-bond donors (Lipinski definition) is 0. The van der Waals surface area contributed by atoms with Crippen molar-refractivity contribution in [2.24, 2.45) is 17.8 Å². The largest absolute Gasteiger partial charge is 0.208 e. The second kappa shape index (κ2) is 8.38. The van der Waals surface area contributed by atoms with Gasteiger partial charge in [-0.2, -0.15) is 5.26 Å². The Hall–Kier alpha value is -3.84. The van der Waals surface area contributed by atoms with Crippen LogP contribution in [0.1, 0.15) is 49.7 Å². The van der Waals surface area contributed by atoms with Crippen LogP contribution in [-0.4, -0.2) is 15.0 Å². The molecule has 4 aliphatic rings. The van der Waals surface area contributed by atoms with Crippen LogP contribution in [0, 0.1) is 29.1 Å². The minimum absolute atomic E-state index is 0.373. The van der Waals surface area contributed by atoms with E-state index in [4.69, 9.17) is 15.0 Å². The van der Waals surface area contributed by atoms with E-state index in [1.165, 1.54) is 44.1 Å². The summed E-state index contributed by atoms with van der Waals surface area (Å²) in [5, 5.41) is 9.68. The lowest BCUT2D eigenvalue weighted by Crippen LogP contribution is -2.48. The van der Waals surface area contributed by atoms with Crippen LogP contribution < -0.4 is 0 Å². The monoisotopic (exact) mass is 468 g/mol. The highest BCUT2D eigenvalue weighted by molar-refractivity contribution is 5.70. The molecule has 4 aliphatic carbocycles. The summed E-state index contributed by atoms with van der Waals surface area (Å²) in [5.74, 6) is 4.57. The van der Waals surface area contributed by atoms with Crippen molar-refractivity contribution in [1.82, 2.24) is 15.0 Å². The third-order valence-electron chi connectivity index (χ3n) is 8.75. The van der Waals surface area contributed by atoms with Crippen LogP contribution in [0.3, 0.4) is 0 Å². The summed E-state index contributed by atoms with van der Waals surface area (Å²) in [7, 11) is 0. The van der Waals surface area contributed by atoms with Crippen molar-refractivity contribution in [2.75, 3.05) is 0 Å². The van der Waals surface area contributed by atoms with Gasteiger partial charge in [0.15, 0.2) is 17.5 Å². The van der Waals surface area contributed by atoms with E-state index < -0.39 is 0 Å². The predicted molar refractivity (Wildman–Crippen MR) is 141 cm³/mol. The van der Waals surface area contributed by atoms with E-state index in [2.05, 4.69) is 30.3 Å². The molecule has 3 aromatic carbocycles. The van der Waals surface area contributed by atoms with Crippen LogP contribution in [0.2, 0.25) is 0 Å². The molecule has 0 unspecified atom stereocenters. The second-order valence-electron chi connectivity index (χ2n) is 11.1. The van der Waals surface area contributed by atoms with Crippen molar-refractivity contribution in [3.05, 3.63) is 90.0 Å². The molecule has 4 saturated carbocycles. The first-order valence-corrected chi connectivity index (χ1v) is 13.1. The summed E-state index contributed by atoms with van der Waals surface area (Å²) in [4.78, 5) is 14.5. The maximum Gasteiger partial charge on any atom is 0.165 e. The van der Waals surface area contributed by atoms with Gasteiger partial charge in [-0.15, -0.1) is 0 Å².